The summed E-state index contributed by atoms with van der Waals surface area (Å²) in [6.45, 7) is 5.45. The van der Waals surface area contributed by atoms with E-state index in [2.05, 4.69) is 42.6 Å². The van der Waals surface area contributed by atoms with Gasteiger partial charge in [0.2, 0.25) is 5.91 Å². The van der Waals surface area contributed by atoms with E-state index in [-0.39, 0.29) is 6.04 Å². The summed E-state index contributed by atoms with van der Waals surface area (Å²) >= 11 is 0. The normalized spacial score (nSPS) is 17.2. The predicted octanol–water partition coefficient (Wildman–Crippen LogP) is 3.27. The third kappa shape index (κ3) is 3.37. The monoisotopic (exact) mass is 310 g/mol. The van der Waals surface area contributed by atoms with Gasteiger partial charge in [0.05, 0.1) is 12.6 Å². The van der Waals surface area contributed by atoms with Crippen molar-refractivity contribution in [1.82, 2.24) is 0 Å². The molecule has 23 heavy (non-hydrogen) atoms. The second kappa shape index (κ2) is 6.42. The molecule has 1 aliphatic rings. The minimum Gasteiger partial charge on any atom is -0.380 e. The standard InChI is InChI=1S/C19H22N2O2/c1-12-3-5-14(6-4-12)15-9-17(19(20)22)13(2)18(10-15)21-16-7-8-23-11-16/h3-6,9-10,16,21H,7-8,11H2,1-2H3,(H2,20,22). The van der Waals surface area contributed by atoms with Crippen molar-refractivity contribution in [3.8, 4) is 11.1 Å². The average Bonchev–Trinajstić information content (AvgIpc) is 3.03. The summed E-state index contributed by atoms with van der Waals surface area (Å²) in [7, 11) is 0. The lowest BCUT2D eigenvalue weighted by molar-refractivity contribution is 0.1000. The Morgan fingerprint density at radius 2 is 1.91 bits per heavy atom. The minimum atomic E-state index is -0.401. The van der Waals surface area contributed by atoms with Crippen LogP contribution in [-0.2, 0) is 4.74 Å². The molecule has 120 valence electrons. The van der Waals surface area contributed by atoms with Gasteiger partial charge in [-0.1, -0.05) is 29.8 Å². The molecule has 1 fully saturated rings. The average molecular weight is 310 g/mol. The summed E-state index contributed by atoms with van der Waals surface area (Å²) in [6, 6.07) is 12.5. The molecule has 1 aliphatic heterocycles. The van der Waals surface area contributed by atoms with E-state index in [0.717, 1.165) is 35.4 Å². The van der Waals surface area contributed by atoms with Gasteiger partial charge >= 0.3 is 0 Å². The summed E-state index contributed by atoms with van der Waals surface area (Å²) in [5.74, 6) is -0.401. The molecule has 0 aromatic heterocycles. The van der Waals surface area contributed by atoms with Crippen molar-refractivity contribution in [3.63, 3.8) is 0 Å². The van der Waals surface area contributed by atoms with Gasteiger partial charge in [0.25, 0.3) is 0 Å². The SMILES string of the molecule is Cc1ccc(-c2cc(NC3CCOC3)c(C)c(C(N)=O)c2)cc1. The van der Waals surface area contributed by atoms with Gasteiger partial charge < -0.3 is 15.8 Å². The van der Waals surface area contributed by atoms with Gasteiger partial charge in [-0.2, -0.15) is 0 Å². The van der Waals surface area contributed by atoms with Crippen LogP contribution in [0.3, 0.4) is 0 Å². The number of amides is 1. The quantitative estimate of drug-likeness (QED) is 0.911. The molecule has 1 amide bonds. The lowest BCUT2D eigenvalue weighted by atomic mass is 9.96. The fourth-order valence-electron chi connectivity index (χ4n) is 2.90. The topological polar surface area (TPSA) is 64.3 Å². The van der Waals surface area contributed by atoms with E-state index >= 15 is 0 Å². The third-order valence-corrected chi connectivity index (χ3v) is 4.35. The van der Waals surface area contributed by atoms with Gasteiger partial charge in [-0.3, -0.25) is 4.79 Å². The number of primary amides is 1. The summed E-state index contributed by atoms with van der Waals surface area (Å²) < 4.78 is 5.42. The number of carbonyl (C=O) groups is 1. The molecule has 0 aliphatic carbocycles. The minimum absolute atomic E-state index is 0.280. The van der Waals surface area contributed by atoms with Crippen molar-refractivity contribution in [2.24, 2.45) is 5.73 Å². The highest BCUT2D eigenvalue weighted by Gasteiger charge is 2.18. The number of nitrogens with one attached hydrogen (secondary N) is 1. The molecule has 1 saturated heterocycles. The number of hydrogen-bond acceptors (Lipinski definition) is 3. The number of nitrogens with two attached hydrogens (primary N) is 1. The molecule has 0 radical (unpaired) electrons. The first kappa shape index (κ1) is 15.6. The fraction of sp³-hybridized carbons (Fsp3) is 0.316. The molecule has 1 atom stereocenters. The Morgan fingerprint density at radius 1 is 1.17 bits per heavy atom. The molecule has 2 aromatic carbocycles. The number of aryl methyl sites for hydroxylation is 1. The van der Waals surface area contributed by atoms with Crippen LogP contribution in [-0.4, -0.2) is 25.2 Å². The zero-order chi connectivity index (χ0) is 16.4. The van der Waals surface area contributed by atoms with Crippen LogP contribution in [0.2, 0.25) is 0 Å². The second-order valence-electron chi connectivity index (χ2n) is 6.13. The molecule has 0 bridgehead atoms. The smallest absolute Gasteiger partial charge is 0.249 e. The second-order valence-corrected chi connectivity index (χ2v) is 6.13. The highest BCUT2D eigenvalue weighted by molar-refractivity contribution is 5.97. The van der Waals surface area contributed by atoms with E-state index in [1.807, 2.05) is 13.0 Å². The third-order valence-electron chi connectivity index (χ3n) is 4.35. The molecule has 1 unspecified atom stereocenters. The van der Waals surface area contributed by atoms with Crippen molar-refractivity contribution < 1.29 is 9.53 Å². The van der Waals surface area contributed by atoms with Gasteiger partial charge in [0, 0.05) is 17.9 Å². The lowest BCUT2D eigenvalue weighted by Crippen LogP contribution is -2.21. The lowest BCUT2D eigenvalue weighted by Gasteiger charge is -2.18. The Hall–Kier alpha value is -2.33. The molecular weight excluding hydrogens is 288 g/mol. The number of carbonyl (C=O) groups excluding carboxylic acids is 1. The predicted molar refractivity (Wildman–Crippen MR) is 92.7 cm³/mol. The van der Waals surface area contributed by atoms with E-state index in [1.165, 1.54) is 5.56 Å². The van der Waals surface area contributed by atoms with Crippen molar-refractivity contribution >= 4 is 11.6 Å². The Kier molecular flexibility index (Phi) is 4.35. The Morgan fingerprint density at radius 3 is 2.52 bits per heavy atom. The van der Waals surface area contributed by atoms with Crippen LogP contribution in [0.25, 0.3) is 11.1 Å². The van der Waals surface area contributed by atoms with E-state index in [9.17, 15) is 4.79 Å². The maximum absolute atomic E-state index is 11.8. The maximum Gasteiger partial charge on any atom is 0.249 e. The zero-order valence-electron chi connectivity index (χ0n) is 13.6. The number of ether oxygens (including phenoxy) is 1. The van der Waals surface area contributed by atoms with Crippen molar-refractivity contribution in [1.29, 1.82) is 0 Å². The number of anilines is 1. The summed E-state index contributed by atoms with van der Waals surface area (Å²) in [4.78, 5) is 11.8. The van der Waals surface area contributed by atoms with Crippen LogP contribution in [0.1, 0.15) is 27.9 Å². The van der Waals surface area contributed by atoms with Crippen LogP contribution in [0.5, 0.6) is 0 Å². The van der Waals surface area contributed by atoms with Crippen LogP contribution >= 0.6 is 0 Å². The molecule has 0 spiro atoms. The van der Waals surface area contributed by atoms with Crippen molar-refractivity contribution in [2.75, 3.05) is 18.5 Å². The Labute approximate surface area is 136 Å². The molecule has 2 aromatic rings. The van der Waals surface area contributed by atoms with Crippen LogP contribution in [0.4, 0.5) is 5.69 Å². The number of hydrogen-bond donors (Lipinski definition) is 2. The Bertz CT molecular complexity index is 717. The maximum atomic E-state index is 11.8. The Balaban J connectivity index is 2.03. The molecule has 3 N–H and O–H groups in total. The molecular formula is C19H22N2O2. The number of benzene rings is 2. The highest BCUT2D eigenvalue weighted by atomic mass is 16.5. The first-order valence-corrected chi connectivity index (χ1v) is 7.90. The molecule has 4 nitrogen and oxygen atoms in total. The van der Waals surface area contributed by atoms with Crippen molar-refractivity contribution in [3.05, 3.63) is 53.1 Å². The fourth-order valence-corrected chi connectivity index (χ4v) is 2.90. The first-order valence-electron chi connectivity index (χ1n) is 7.90. The van der Waals surface area contributed by atoms with Crippen LogP contribution in [0.15, 0.2) is 36.4 Å². The largest absolute Gasteiger partial charge is 0.380 e. The molecule has 4 heteroatoms. The van der Waals surface area contributed by atoms with Gasteiger partial charge in [-0.05, 0) is 49.1 Å². The highest BCUT2D eigenvalue weighted by Crippen LogP contribution is 2.30. The molecule has 1 heterocycles. The van der Waals surface area contributed by atoms with Crippen LogP contribution < -0.4 is 11.1 Å². The van der Waals surface area contributed by atoms with Crippen LogP contribution in [0, 0.1) is 13.8 Å². The van der Waals surface area contributed by atoms with Crippen molar-refractivity contribution in [2.45, 2.75) is 26.3 Å². The summed E-state index contributed by atoms with van der Waals surface area (Å²) in [5, 5.41) is 3.49. The molecule has 3 rings (SSSR count). The van der Waals surface area contributed by atoms with E-state index in [4.69, 9.17) is 10.5 Å². The summed E-state index contributed by atoms with van der Waals surface area (Å²) in [6.07, 6.45) is 0.972. The molecule has 0 saturated carbocycles. The van der Waals surface area contributed by atoms with Gasteiger partial charge in [0.15, 0.2) is 0 Å². The van der Waals surface area contributed by atoms with E-state index in [0.29, 0.717) is 12.2 Å². The number of rotatable bonds is 4. The van der Waals surface area contributed by atoms with E-state index in [1.54, 1.807) is 0 Å². The van der Waals surface area contributed by atoms with Gasteiger partial charge in [0.1, 0.15) is 0 Å². The van der Waals surface area contributed by atoms with E-state index < -0.39 is 5.91 Å². The first-order chi connectivity index (χ1) is 11.0. The van der Waals surface area contributed by atoms with Gasteiger partial charge in [-0.15, -0.1) is 0 Å². The zero-order valence-corrected chi connectivity index (χ0v) is 13.6. The summed E-state index contributed by atoms with van der Waals surface area (Å²) in [5.41, 5.74) is 11.2. The van der Waals surface area contributed by atoms with Gasteiger partial charge in [-0.25, -0.2) is 0 Å².